The van der Waals surface area contributed by atoms with E-state index in [4.69, 9.17) is 4.74 Å². The van der Waals surface area contributed by atoms with Crippen LogP contribution in [-0.4, -0.2) is 50.8 Å². The summed E-state index contributed by atoms with van der Waals surface area (Å²) in [6, 6.07) is 0. The molecule has 3 heteroatoms. The highest BCUT2D eigenvalue weighted by atomic mass is 16.5. The molecule has 19 heavy (non-hydrogen) atoms. The summed E-state index contributed by atoms with van der Waals surface area (Å²) in [7, 11) is 0. The van der Waals surface area contributed by atoms with Gasteiger partial charge >= 0.3 is 0 Å². The Morgan fingerprint density at radius 3 is 2.68 bits per heavy atom. The molecular weight excluding hydrogens is 236 g/mol. The topological polar surface area (TPSA) is 24.5 Å². The maximum absolute atomic E-state index is 5.72. The molecule has 1 aliphatic carbocycles. The molecule has 1 saturated heterocycles. The molecular formula is C16H32N2O. The lowest BCUT2D eigenvalue weighted by Gasteiger charge is -2.34. The van der Waals surface area contributed by atoms with Crippen molar-refractivity contribution in [2.75, 3.05) is 45.9 Å². The van der Waals surface area contributed by atoms with Gasteiger partial charge in [0.25, 0.3) is 0 Å². The highest BCUT2D eigenvalue weighted by Crippen LogP contribution is 2.33. The van der Waals surface area contributed by atoms with E-state index in [-0.39, 0.29) is 0 Å². The maximum atomic E-state index is 5.72. The Labute approximate surface area is 119 Å². The van der Waals surface area contributed by atoms with E-state index >= 15 is 0 Å². The molecule has 2 fully saturated rings. The Balaban J connectivity index is 1.84. The fourth-order valence-electron chi connectivity index (χ4n) is 3.19. The van der Waals surface area contributed by atoms with E-state index in [2.05, 4.69) is 24.1 Å². The zero-order chi connectivity index (χ0) is 13.6. The van der Waals surface area contributed by atoms with Gasteiger partial charge in [0.1, 0.15) is 0 Å². The van der Waals surface area contributed by atoms with Gasteiger partial charge in [-0.25, -0.2) is 0 Å². The minimum absolute atomic E-state index is 0.374. The van der Waals surface area contributed by atoms with Crippen LogP contribution in [0.1, 0.15) is 46.0 Å². The molecule has 0 aromatic carbocycles. The average Bonchev–Trinajstić information content (AvgIpc) is 3.08. The van der Waals surface area contributed by atoms with Crippen molar-refractivity contribution in [3.05, 3.63) is 0 Å². The largest absolute Gasteiger partial charge is 0.381 e. The van der Waals surface area contributed by atoms with Gasteiger partial charge in [0.2, 0.25) is 0 Å². The van der Waals surface area contributed by atoms with Crippen LogP contribution < -0.4 is 5.32 Å². The SMILES string of the molecule is CCCNCC1(CN(CCC)CC2CC2)CCOC1. The van der Waals surface area contributed by atoms with Gasteiger partial charge < -0.3 is 15.0 Å². The zero-order valence-corrected chi connectivity index (χ0v) is 12.9. The molecule has 0 bridgehead atoms. The van der Waals surface area contributed by atoms with E-state index in [1.807, 2.05) is 0 Å². The van der Waals surface area contributed by atoms with Crippen molar-refractivity contribution >= 4 is 0 Å². The molecule has 2 rings (SSSR count). The minimum atomic E-state index is 0.374. The van der Waals surface area contributed by atoms with Gasteiger partial charge in [0, 0.05) is 31.7 Å². The van der Waals surface area contributed by atoms with E-state index in [0.29, 0.717) is 5.41 Å². The van der Waals surface area contributed by atoms with Crippen molar-refractivity contribution in [2.24, 2.45) is 11.3 Å². The average molecular weight is 268 g/mol. The Bertz CT molecular complexity index is 247. The number of nitrogens with zero attached hydrogens (tertiary/aromatic N) is 1. The Kier molecular flexibility index (Phi) is 6.11. The number of ether oxygens (including phenoxy) is 1. The zero-order valence-electron chi connectivity index (χ0n) is 12.9. The normalized spacial score (nSPS) is 27.3. The van der Waals surface area contributed by atoms with E-state index in [1.54, 1.807) is 0 Å². The van der Waals surface area contributed by atoms with Crippen molar-refractivity contribution in [1.29, 1.82) is 0 Å². The fraction of sp³-hybridized carbons (Fsp3) is 1.00. The Morgan fingerprint density at radius 1 is 1.26 bits per heavy atom. The van der Waals surface area contributed by atoms with Crippen LogP contribution in [0.25, 0.3) is 0 Å². The first-order valence-corrected chi connectivity index (χ1v) is 8.29. The lowest BCUT2D eigenvalue weighted by Crippen LogP contribution is -2.45. The van der Waals surface area contributed by atoms with Crippen LogP contribution in [-0.2, 0) is 4.74 Å². The molecule has 112 valence electrons. The first-order chi connectivity index (χ1) is 9.28. The first kappa shape index (κ1) is 15.3. The fourth-order valence-corrected chi connectivity index (χ4v) is 3.19. The molecule has 1 atom stereocenters. The summed E-state index contributed by atoms with van der Waals surface area (Å²) in [5, 5.41) is 3.63. The third-order valence-electron chi connectivity index (χ3n) is 4.42. The van der Waals surface area contributed by atoms with Gasteiger partial charge in [0.05, 0.1) is 6.61 Å². The molecule has 2 aliphatic rings. The number of hydrogen-bond acceptors (Lipinski definition) is 3. The summed E-state index contributed by atoms with van der Waals surface area (Å²) < 4.78 is 5.72. The third kappa shape index (κ3) is 5.05. The van der Waals surface area contributed by atoms with Crippen LogP contribution >= 0.6 is 0 Å². The van der Waals surface area contributed by atoms with Crippen LogP contribution in [0.5, 0.6) is 0 Å². The Morgan fingerprint density at radius 2 is 2.11 bits per heavy atom. The van der Waals surface area contributed by atoms with E-state index < -0.39 is 0 Å². The van der Waals surface area contributed by atoms with Crippen molar-refractivity contribution in [3.8, 4) is 0 Å². The predicted molar refractivity (Wildman–Crippen MR) is 80.5 cm³/mol. The van der Waals surface area contributed by atoms with E-state index in [0.717, 1.165) is 32.2 Å². The molecule has 0 aromatic heterocycles. The first-order valence-electron chi connectivity index (χ1n) is 8.29. The van der Waals surface area contributed by atoms with E-state index in [9.17, 15) is 0 Å². The van der Waals surface area contributed by atoms with Gasteiger partial charge in [-0.1, -0.05) is 13.8 Å². The molecule has 3 nitrogen and oxygen atoms in total. The van der Waals surface area contributed by atoms with Crippen LogP contribution in [0.3, 0.4) is 0 Å². The van der Waals surface area contributed by atoms with Gasteiger partial charge in [-0.2, -0.15) is 0 Å². The number of nitrogens with one attached hydrogen (secondary N) is 1. The highest BCUT2D eigenvalue weighted by Gasteiger charge is 2.37. The molecule has 1 heterocycles. The summed E-state index contributed by atoms with van der Waals surface area (Å²) >= 11 is 0. The van der Waals surface area contributed by atoms with Crippen molar-refractivity contribution in [2.45, 2.75) is 46.0 Å². The molecule has 0 amide bonds. The van der Waals surface area contributed by atoms with Crippen molar-refractivity contribution < 1.29 is 4.74 Å². The van der Waals surface area contributed by atoms with Crippen molar-refractivity contribution in [1.82, 2.24) is 10.2 Å². The molecule has 0 radical (unpaired) electrons. The third-order valence-corrected chi connectivity index (χ3v) is 4.42. The molecule has 1 saturated carbocycles. The van der Waals surface area contributed by atoms with Gasteiger partial charge in [0.15, 0.2) is 0 Å². The molecule has 1 unspecified atom stereocenters. The van der Waals surface area contributed by atoms with Crippen LogP contribution in [0.4, 0.5) is 0 Å². The molecule has 0 spiro atoms. The molecule has 1 aliphatic heterocycles. The van der Waals surface area contributed by atoms with Crippen LogP contribution in [0.2, 0.25) is 0 Å². The lowest BCUT2D eigenvalue weighted by molar-refractivity contribution is 0.106. The summed E-state index contributed by atoms with van der Waals surface area (Å²) in [5.41, 5.74) is 0.374. The standard InChI is InChI=1S/C16H32N2O/c1-3-8-17-12-16(7-10-19-14-16)13-18(9-4-2)11-15-5-6-15/h15,17H,3-14H2,1-2H3. The van der Waals surface area contributed by atoms with Gasteiger partial charge in [-0.05, 0) is 51.1 Å². The van der Waals surface area contributed by atoms with E-state index in [1.165, 1.54) is 51.7 Å². The van der Waals surface area contributed by atoms with Gasteiger partial charge in [-0.3, -0.25) is 0 Å². The summed E-state index contributed by atoms with van der Waals surface area (Å²) in [6.45, 7) is 12.5. The second-order valence-corrected chi connectivity index (χ2v) is 6.66. The maximum Gasteiger partial charge on any atom is 0.0547 e. The van der Waals surface area contributed by atoms with Crippen LogP contribution in [0.15, 0.2) is 0 Å². The van der Waals surface area contributed by atoms with Crippen molar-refractivity contribution in [3.63, 3.8) is 0 Å². The predicted octanol–water partition coefficient (Wildman–Crippen LogP) is 2.51. The number of hydrogen-bond donors (Lipinski definition) is 1. The highest BCUT2D eigenvalue weighted by molar-refractivity contribution is 4.90. The minimum Gasteiger partial charge on any atom is -0.381 e. The quantitative estimate of drug-likeness (QED) is 0.616. The molecule has 1 N–H and O–H groups in total. The summed E-state index contributed by atoms with van der Waals surface area (Å²) in [5.74, 6) is 0.995. The summed E-state index contributed by atoms with van der Waals surface area (Å²) in [4.78, 5) is 2.71. The summed E-state index contributed by atoms with van der Waals surface area (Å²) in [6.07, 6.45) is 6.63. The lowest BCUT2D eigenvalue weighted by atomic mass is 9.86. The molecule has 0 aromatic rings. The van der Waals surface area contributed by atoms with Crippen LogP contribution in [0, 0.1) is 11.3 Å². The van der Waals surface area contributed by atoms with Gasteiger partial charge in [-0.15, -0.1) is 0 Å². The smallest absolute Gasteiger partial charge is 0.0547 e. The second-order valence-electron chi connectivity index (χ2n) is 6.66. The Hall–Kier alpha value is -0.120. The second kappa shape index (κ2) is 7.61. The monoisotopic (exact) mass is 268 g/mol. The number of rotatable bonds is 10.